The van der Waals surface area contributed by atoms with Crippen LogP contribution in [0.3, 0.4) is 0 Å². The van der Waals surface area contributed by atoms with Crippen molar-refractivity contribution < 1.29 is 14.6 Å². The molecule has 2 aromatic carbocycles. The second-order valence-electron chi connectivity index (χ2n) is 7.23. The van der Waals surface area contributed by atoms with Crippen LogP contribution < -0.4 is 4.74 Å². The summed E-state index contributed by atoms with van der Waals surface area (Å²) in [6.07, 6.45) is 1.87. The Bertz CT molecular complexity index is 691. The molecule has 4 heteroatoms. The fourth-order valence-corrected chi connectivity index (χ4v) is 4.01. The van der Waals surface area contributed by atoms with Crippen molar-refractivity contribution >= 4 is 10.8 Å². The molecule has 0 saturated carbocycles. The molecule has 4 nitrogen and oxygen atoms in total. The lowest BCUT2D eigenvalue weighted by Gasteiger charge is -2.24. The quantitative estimate of drug-likeness (QED) is 0.917. The van der Waals surface area contributed by atoms with Crippen molar-refractivity contribution in [3.63, 3.8) is 0 Å². The molecule has 2 unspecified atom stereocenters. The molecule has 2 saturated heterocycles. The highest BCUT2D eigenvalue weighted by Gasteiger charge is 2.41. The maximum absolute atomic E-state index is 10.4. The Balaban J connectivity index is 1.32. The second-order valence-corrected chi connectivity index (χ2v) is 7.23. The number of aliphatic hydroxyl groups is 1. The first-order valence-corrected chi connectivity index (χ1v) is 8.83. The molecule has 0 radical (unpaired) electrons. The molecule has 24 heavy (non-hydrogen) atoms. The van der Waals surface area contributed by atoms with Gasteiger partial charge in [-0.3, -0.25) is 4.90 Å². The van der Waals surface area contributed by atoms with E-state index in [0.717, 1.165) is 49.2 Å². The first-order chi connectivity index (χ1) is 11.7. The van der Waals surface area contributed by atoms with E-state index in [4.69, 9.17) is 9.47 Å². The molecule has 0 amide bonds. The molecule has 4 rings (SSSR count). The van der Waals surface area contributed by atoms with Crippen LogP contribution in [0.1, 0.15) is 12.8 Å². The molecule has 128 valence electrons. The van der Waals surface area contributed by atoms with Crippen LogP contribution in [-0.2, 0) is 4.74 Å². The van der Waals surface area contributed by atoms with Crippen LogP contribution in [0.2, 0.25) is 0 Å². The lowest BCUT2D eigenvalue weighted by atomic mass is 9.87. The summed E-state index contributed by atoms with van der Waals surface area (Å²) in [4.78, 5) is 2.35. The zero-order chi connectivity index (χ0) is 16.4. The average molecular weight is 327 g/mol. The summed E-state index contributed by atoms with van der Waals surface area (Å²) < 4.78 is 11.5. The number of hydrogen-bond acceptors (Lipinski definition) is 4. The van der Waals surface area contributed by atoms with Crippen LogP contribution in [0.5, 0.6) is 5.75 Å². The fourth-order valence-electron chi connectivity index (χ4n) is 4.01. The Hall–Kier alpha value is -1.62. The van der Waals surface area contributed by atoms with Gasteiger partial charge in [-0.05, 0) is 30.8 Å². The number of hydrogen-bond donors (Lipinski definition) is 1. The number of fused-ring (bicyclic) bond motifs is 1. The number of ether oxygens (including phenoxy) is 2. The van der Waals surface area contributed by atoms with Gasteiger partial charge in [0.2, 0.25) is 0 Å². The highest BCUT2D eigenvalue weighted by molar-refractivity contribution is 5.88. The maximum Gasteiger partial charge on any atom is 0.127 e. The summed E-state index contributed by atoms with van der Waals surface area (Å²) in [5.41, 5.74) is 0.343. The second kappa shape index (κ2) is 6.71. The Morgan fingerprint density at radius 1 is 1.17 bits per heavy atom. The zero-order valence-electron chi connectivity index (χ0n) is 14.0. The van der Waals surface area contributed by atoms with Crippen molar-refractivity contribution in [2.45, 2.75) is 18.9 Å². The fraction of sp³-hybridized carbons (Fsp3) is 0.500. The van der Waals surface area contributed by atoms with Crippen LogP contribution in [0, 0.1) is 5.41 Å². The van der Waals surface area contributed by atoms with Gasteiger partial charge in [-0.15, -0.1) is 0 Å². The van der Waals surface area contributed by atoms with E-state index in [1.165, 1.54) is 6.42 Å². The van der Waals surface area contributed by atoms with E-state index in [9.17, 15) is 5.11 Å². The predicted octanol–water partition coefficient (Wildman–Crippen LogP) is 2.69. The van der Waals surface area contributed by atoms with E-state index < -0.39 is 6.10 Å². The van der Waals surface area contributed by atoms with Gasteiger partial charge >= 0.3 is 0 Å². The number of benzene rings is 2. The van der Waals surface area contributed by atoms with Gasteiger partial charge in [0.25, 0.3) is 0 Å². The monoisotopic (exact) mass is 327 g/mol. The third-order valence-corrected chi connectivity index (χ3v) is 5.35. The summed E-state index contributed by atoms with van der Waals surface area (Å²) in [6.45, 7) is 4.86. The number of aliphatic hydroxyl groups excluding tert-OH is 1. The van der Waals surface area contributed by atoms with E-state index in [1.807, 2.05) is 24.3 Å². The summed E-state index contributed by atoms with van der Waals surface area (Å²) >= 11 is 0. The van der Waals surface area contributed by atoms with E-state index in [-0.39, 0.29) is 0 Å². The third-order valence-electron chi connectivity index (χ3n) is 5.35. The lowest BCUT2D eigenvalue weighted by molar-refractivity contribution is 0.0710. The first-order valence-electron chi connectivity index (χ1n) is 8.83. The molecule has 2 fully saturated rings. The van der Waals surface area contributed by atoms with Crippen molar-refractivity contribution in [1.82, 2.24) is 4.90 Å². The van der Waals surface area contributed by atoms with Gasteiger partial charge in [-0.2, -0.15) is 0 Å². The van der Waals surface area contributed by atoms with Crippen molar-refractivity contribution in [3.8, 4) is 5.75 Å². The van der Waals surface area contributed by atoms with Crippen LogP contribution >= 0.6 is 0 Å². The summed E-state index contributed by atoms with van der Waals surface area (Å²) in [7, 11) is 0. The summed E-state index contributed by atoms with van der Waals surface area (Å²) in [6, 6.07) is 14.2. The Kier molecular flexibility index (Phi) is 4.44. The summed E-state index contributed by atoms with van der Waals surface area (Å²) in [5.74, 6) is 0.842. The molecule has 2 atom stereocenters. The highest BCUT2D eigenvalue weighted by atomic mass is 16.5. The molecule has 0 bridgehead atoms. The van der Waals surface area contributed by atoms with E-state index in [0.29, 0.717) is 18.6 Å². The predicted molar refractivity (Wildman–Crippen MR) is 94.4 cm³/mol. The minimum Gasteiger partial charge on any atom is -0.490 e. The van der Waals surface area contributed by atoms with Crippen molar-refractivity contribution in [3.05, 3.63) is 42.5 Å². The molecule has 2 aromatic rings. The van der Waals surface area contributed by atoms with Gasteiger partial charge < -0.3 is 14.6 Å². The van der Waals surface area contributed by atoms with Gasteiger partial charge in [-0.1, -0.05) is 36.4 Å². The summed E-state index contributed by atoms with van der Waals surface area (Å²) in [5, 5.41) is 12.6. The van der Waals surface area contributed by atoms with Gasteiger partial charge in [-0.25, -0.2) is 0 Å². The van der Waals surface area contributed by atoms with Crippen LogP contribution in [0.15, 0.2) is 42.5 Å². The van der Waals surface area contributed by atoms with Gasteiger partial charge in [0.15, 0.2) is 0 Å². The minimum absolute atomic E-state index is 0.327. The molecule has 1 spiro atoms. The molecule has 2 aliphatic heterocycles. The number of nitrogens with zero attached hydrogens (tertiary/aromatic N) is 1. The standard InChI is InChI=1S/C20H25NO3/c22-17(12-21-10-8-20(14-21)9-11-23-15-20)13-24-19-7-3-5-16-4-1-2-6-18(16)19/h1-7,17,22H,8-15H2. The molecular weight excluding hydrogens is 302 g/mol. The molecule has 1 N–H and O–H groups in total. The smallest absolute Gasteiger partial charge is 0.127 e. The number of rotatable bonds is 5. The lowest BCUT2D eigenvalue weighted by Crippen LogP contribution is -2.36. The SMILES string of the molecule is OC(COc1cccc2ccccc12)CN1CCC2(CCOC2)C1. The van der Waals surface area contributed by atoms with Crippen molar-refractivity contribution in [2.75, 3.05) is 39.5 Å². The van der Waals surface area contributed by atoms with Crippen LogP contribution in [0.4, 0.5) is 0 Å². The molecular formula is C20H25NO3. The minimum atomic E-state index is -0.471. The first kappa shape index (κ1) is 15.9. The van der Waals surface area contributed by atoms with Crippen molar-refractivity contribution in [2.24, 2.45) is 5.41 Å². The molecule has 0 aromatic heterocycles. The average Bonchev–Trinajstić information content (AvgIpc) is 3.23. The van der Waals surface area contributed by atoms with Crippen LogP contribution in [0.25, 0.3) is 10.8 Å². The third kappa shape index (κ3) is 3.27. The Labute approximate surface area is 143 Å². The van der Waals surface area contributed by atoms with E-state index >= 15 is 0 Å². The Morgan fingerprint density at radius 2 is 2.04 bits per heavy atom. The molecule has 2 aliphatic rings. The largest absolute Gasteiger partial charge is 0.490 e. The zero-order valence-corrected chi connectivity index (χ0v) is 14.0. The van der Waals surface area contributed by atoms with Crippen LogP contribution in [-0.4, -0.2) is 55.6 Å². The molecule has 0 aliphatic carbocycles. The van der Waals surface area contributed by atoms with Gasteiger partial charge in [0, 0.05) is 30.5 Å². The highest BCUT2D eigenvalue weighted by Crippen LogP contribution is 2.38. The van der Waals surface area contributed by atoms with E-state index in [2.05, 4.69) is 23.1 Å². The number of likely N-dealkylation sites (tertiary alicyclic amines) is 1. The van der Waals surface area contributed by atoms with E-state index in [1.54, 1.807) is 0 Å². The van der Waals surface area contributed by atoms with Gasteiger partial charge in [0.05, 0.1) is 6.61 Å². The topological polar surface area (TPSA) is 41.9 Å². The normalized spacial score (nSPS) is 25.5. The number of β-amino-alcohol motifs (C(OH)–C–C–N with tert-alkyl or cyclic N) is 1. The van der Waals surface area contributed by atoms with Gasteiger partial charge in [0.1, 0.15) is 18.5 Å². The molecule has 2 heterocycles. The maximum atomic E-state index is 10.4. The van der Waals surface area contributed by atoms with Crippen molar-refractivity contribution in [1.29, 1.82) is 0 Å². The Morgan fingerprint density at radius 3 is 2.92 bits per heavy atom.